The van der Waals surface area contributed by atoms with Crippen molar-refractivity contribution in [2.75, 3.05) is 13.7 Å². The van der Waals surface area contributed by atoms with Crippen LogP contribution in [-0.4, -0.2) is 43.4 Å². The molecule has 0 heterocycles. The van der Waals surface area contributed by atoms with Crippen LogP contribution >= 0.6 is 0 Å². The van der Waals surface area contributed by atoms with Crippen LogP contribution in [0.5, 0.6) is 0 Å². The molecule has 1 aliphatic carbocycles. The monoisotopic (exact) mass is 328 g/mol. The quantitative estimate of drug-likeness (QED) is 0.704. The van der Waals surface area contributed by atoms with E-state index < -0.39 is 11.7 Å². The highest BCUT2D eigenvalue weighted by atomic mass is 16.6. The van der Waals surface area contributed by atoms with Crippen molar-refractivity contribution in [3.8, 4) is 0 Å². The van der Waals surface area contributed by atoms with Gasteiger partial charge in [0.25, 0.3) is 0 Å². The molecule has 0 aromatic rings. The summed E-state index contributed by atoms with van der Waals surface area (Å²) < 4.78 is 10.3. The van der Waals surface area contributed by atoms with Gasteiger partial charge in [0.1, 0.15) is 5.60 Å². The van der Waals surface area contributed by atoms with Gasteiger partial charge in [0.15, 0.2) is 0 Å². The summed E-state index contributed by atoms with van der Waals surface area (Å²) in [4.78, 5) is 23.8. The number of alkyl carbamates (subject to hydrolysis) is 1. The molecule has 2 atom stereocenters. The Morgan fingerprint density at radius 1 is 1.13 bits per heavy atom. The highest BCUT2D eigenvalue weighted by Gasteiger charge is 2.49. The van der Waals surface area contributed by atoms with Crippen LogP contribution in [0.2, 0.25) is 0 Å². The van der Waals surface area contributed by atoms with E-state index in [1.165, 1.54) is 0 Å². The molecule has 23 heavy (non-hydrogen) atoms. The Balaban J connectivity index is 2.34. The summed E-state index contributed by atoms with van der Waals surface area (Å²) in [5.74, 6) is 0.0647. The second-order valence-electron chi connectivity index (χ2n) is 7.83. The van der Waals surface area contributed by atoms with Crippen LogP contribution < -0.4 is 10.6 Å². The molecule has 1 saturated carbocycles. The van der Waals surface area contributed by atoms with Crippen LogP contribution in [0.15, 0.2) is 0 Å². The molecule has 2 amide bonds. The van der Waals surface area contributed by atoms with E-state index in [0.29, 0.717) is 13.0 Å². The Kier molecular flexibility index (Phi) is 6.86. The lowest BCUT2D eigenvalue weighted by atomic mass is 9.63. The summed E-state index contributed by atoms with van der Waals surface area (Å²) in [7, 11) is 1.66. The second kappa shape index (κ2) is 7.99. The van der Waals surface area contributed by atoms with Crippen LogP contribution in [0.1, 0.15) is 60.3 Å². The zero-order chi connectivity index (χ0) is 17.7. The number of hydrogen-bond donors (Lipinski definition) is 2. The molecule has 0 saturated heterocycles. The van der Waals surface area contributed by atoms with E-state index in [4.69, 9.17) is 9.47 Å². The third-order valence-electron chi connectivity index (χ3n) is 4.30. The summed E-state index contributed by atoms with van der Waals surface area (Å²) in [5.41, 5.74) is -0.688. The predicted molar refractivity (Wildman–Crippen MR) is 89.2 cm³/mol. The van der Waals surface area contributed by atoms with Gasteiger partial charge in [0.05, 0.1) is 0 Å². The van der Waals surface area contributed by atoms with E-state index in [-0.39, 0.29) is 23.4 Å². The van der Waals surface area contributed by atoms with Crippen molar-refractivity contribution < 1.29 is 19.1 Å². The number of carbonyl (C=O) groups is 2. The Bertz CT molecular complexity index is 415. The lowest BCUT2D eigenvalue weighted by molar-refractivity contribution is -0.124. The number of amides is 2. The number of methoxy groups -OCH3 is 1. The molecule has 6 nitrogen and oxygen atoms in total. The van der Waals surface area contributed by atoms with Gasteiger partial charge in [-0.15, -0.1) is 0 Å². The maximum Gasteiger partial charge on any atom is 0.407 e. The highest BCUT2D eigenvalue weighted by molar-refractivity contribution is 5.76. The van der Waals surface area contributed by atoms with Crippen molar-refractivity contribution in [1.29, 1.82) is 0 Å². The topological polar surface area (TPSA) is 76.7 Å². The maximum absolute atomic E-state index is 11.9. The van der Waals surface area contributed by atoms with Gasteiger partial charge in [0.2, 0.25) is 5.91 Å². The van der Waals surface area contributed by atoms with Gasteiger partial charge in [-0.25, -0.2) is 4.79 Å². The molecule has 1 fully saturated rings. The van der Waals surface area contributed by atoms with E-state index in [1.807, 2.05) is 20.8 Å². The molecule has 134 valence electrons. The average Bonchev–Trinajstić information content (AvgIpc) is 2.40. The van der Waals surface area contributed by atoms with Gasteiger partial charge in [-0.3, -0.25) is 4.79 Å². The van der Waals surface area contributed by atoms with E-state index in [9.17, 15) is 9.59 Å². The molecule has 2 N–H and O–H groups in total. The largest absolute Gasteiger partial charge is 0.444 e. The molecular formula is C17H32N2O4. The Hall–Kier alpha value is -1.30. The fourth-order valence-corrected chi connectivity index (χ4v) is 2.66. The lowest BCUT2D eigenvalue weighted by Gasteiger charge is -2.52. The first kappa shape index (κ1) is 19.7. The number of unbranched alkanes of at least 4 members (excludes halogenated alkanes) is 1. The molecule has 0 spiro atoms. The standard InChI is InChI=1S/C17H32N2O4/c1-16(2,3)23-15(21)19-13-11-12(17(13,4)5)18-14(20)9-7-8-10-22-6/h12-13H,7-11H2,1-6H3,(H,18,20)(H,19,21)/t12-,13+/m0/s1. The average molecular weight is 328 g/mol. The summed E-state index contributed by atoms with van der Waals surface area (Å²) >= 11 is 0. The second-order valence-corrected chi connectivity index (χ2v) is 7.83. The van der Waals surface area contributed by atoms with E-state index in [2.05, 4.69) is 24.5 Å². The lowest BCUT2D eigenvalue weighted by Crippen LogP contribution is -2.66. The minimum absolute atomic E-state index is 0.0103. The number of nitrogens with one attached hydrogen (secondary N) is 2. The number of ether oxygens (including phenoxy) is 2. The van der Waals surface area contributed by atoms with Crippen LogP contribution in [0.3, 0.4) is 0 Å². The first-order valence-electron chi connectivity index (χ1n) is 8.34. The fourth-order valence-electron chi connectivity index (χ4n) is 2.66. The van der Waals surface area contributed by atoms with Gasteiger partial charge in [0, 0.05) is 37.6 Å². The Labute approximate surface area is 139 Å². The van der Waals surface area contributed by atoms with Crippen molar-refractivity contribution in [2.45, 2.75) is 78.0 Å². The van der Waals surface area contributed by atoms with Crippen LogP contribution in [0.4, 0.5) is 4.79 Å². The maximum atomic E-state index is 11.9. The molecule has 0 aliphatic heterocycles. The summed E-state index contributed by atoms with van der Waals surface area (Å²) in [6, 6.07) is 0.0912. The summed E-state index contributed by atoms with van der Waals surface area (Å²) in [5, 5.41) is 5.96. The van der Waals surface area contributed by atoms with Crippen LogP contribution in [-0.2, 0) is 14.3 Å². The van der Waals surface area contributed by atoms with E-state index in [0.717, 1.165) is 19.3 Å². The van der Waals surface area contributed by atoms with Gasteiger partial charge in [-0.2, -0.15) is 0 Å². The van der Waals surface area contributed by atoms with Gasteiger partial charge < -0.3 is 20.1 Å². The SMILES string of the molecule is COCCCCC(=O)N[C@H]1C[C@@H](NC(=O)OC(C)(C)C)C1(C)C. The normalized spacial score (nSPS) is 22.9. The van der Waals surface area contributed by atoms with E-state index in [1.54, 1.807) is 7.11 Å². The Morgan fingerprint density at radius 2 is 1.74 bits per heavy atom. The van der Waals surface area contributed by atoms with Crippen molar-refractivity contribution >= 4 is 12.0 Å². The summed E-state index contributed by atoms with van der Waals surface area (Å²) in [6.45, 7) is 10.3. The molecule has 0 radical (unpaired) electrons. The van der Waals surface area contributed by atoms with Crippen molar-refractivity contribution in [3.05, 3.63) is 0 Å². The molecule has 0 unspecified atom stereocenters. The van der Waals surface area contributed by atoms with Gasteiger partial charge >= 0.3 is 6.09 Å². The molecule has 1 rings (SSSR count). The van der Waals surface area contributed by atoms with Crippen molar-refractivity contribution in [2.24, 2.45) is 5.41 Å². The molecule has 0 aromatic carbocycles. The summed E-state index contributed by atoms with van der Waals surface area (Å²) in [6.07, 6.45) is 2.56. The molecule has 6 heteroatoms. The molecule has 0 bridgehead atoms. The van der Waals surface area contributed by atoms with Crippen LogP contribution in [0, 0.1) is 5.41 Å². The highest BCUT2D eigenvalue weighted by Crippen LogP contribution is 2.40. The molecule has 1 aliphatic rings. The zero-order valence-electron chi connectivity index (χ0n) is 15.3. The minimum atomic E-state index is -0.506. The third-order valence-corrected chi connectivity index (χ3v) is 4.30. The first-order valence-corrected chi connectivity index (χ1v) is 8.34. The van der Waals surface area contributed by atoms with Gasteiger partial charge in [-0.1, -0.05) is 13.8 Å². The zero-order valence-corrected chi connectivity index (χ0v) is 15.3. The van der Waals surface area contributed by atoms with Crippen LogP contribution in [0.25, 0.3) is 0 Å². The van der Waals surface area contributed by atoms with Crippen molar-refractivity contribution in [3.63, 3.8) is 0 Å². The number of rotatable bonds is 7. The third kappa shape index (κ3) is 6.37. The smallest absolute Gasteiger partial charge is 0.407 e. The predicted octanol–water partition coefficient (Wildman–Crippen LogP) is 2.61. The van der Waals surface area contributed by atoms with Gasteiger partial charge in [-0.05, 0) is 40.0 Å². The fraction of sp³-hybridized carbons (Fsp3) is 0.882. The number of hydrogen-bond acceptors (Lipinski definition) is 4. The Morgan fingerprint density at radius 3 is 2.26 bits per heavy atom. The van der Waals surface area contributed by atoms with E-state index >= 15 is 0 Å². The number of carbonyl (C=O) groups excluding carboxylic acids is 2. The first-order chi connectivity index (χ1) is 10.6. The van der Waals surface area contributed by atoms with Crippen molar-refractivity contribution in [1.82, 2.24) is 10.6 Å². The molecular weight excluding hydrogens is 296 g/mol. The molecule has 0 aromatic heterocycles. The minimum Gasteiger partial charge on any atom is -0.444 e.